The van der Waals surface area contributed by atoms with Crippen molar-refractivity contribution in [3.05, 3.63) is 17.8 Å². The Bertz CT molecular complexity index is 488. The summed E-state index contributed by atoms with van der Waals surface area (Å²) in [7, 11) is 0. The monoisotopic (exact) mass is 247 g/mol. The number of fused-ring (bicyclic) bond motifs is 1. The Morgan fingerprint density at radius 2 is 2.12 bits per heavy atom. The van der Waals surface area contributed by atoms with Crippen molar-refractivity contribution in [3.8, 4) is 0 Å². The zero-order valence-corrected chi connectivity index (χ0v) is 10.7. The van der Waals surface area contributed by atoms with Crippen LogP contribution >= 0.6 is 11.3 Å². The molecule has 0 aliphatic heterocycles. The lowest BCUT2D eigenvalue weighted by atomic mass is 9.89. The molecule has 4 heteroatoms. The fourth-order valence-corrected chi connectivity index (χ4v) is 3.36. The molecule has 0 amide bonds. The second kappa shape index (κ2) is 5.00. The minimum atomic E-state index is 0.828. The van der Waals surface area contributed by atoms with E-state index in [-0.39, 0.29) is 0 Å². The maximum atomic E-state index is 4.35. The lowest BCUT2D eigenvalue weighted by molar-refractivity contribution is 0.373. The van der Waals surface area contributed by atoms with Crippen LogP contribution in [0.4, 0.5) is 5.82 Å². The summed E-state index contributed by atoms with van der Waals surface area (Å²) in [6.45, 7) is 1.06. The van der Waals surface area contributed by atoms with Gasteiger partial charge in [0.1, 0.15) is 12.1 Å². The molecule has 0 atom stereocenters. The molecule has 0 spiro atoms. The molecular weight excluding hydrogens is 230 g/mol. The summed E-state index contributed by atoms with van der Waals surface area (Å²) in [4.78, 5) is 8.61. The van der Waals surface area contributed by atoms with Crippen molar-refractivity contribution in [3.63, 3.8) is 0 Å². The molecule has 3 nitrogen and oxygen atoms in total. The second-order valence-corrected chi connectivity index (χ2v) is 5.66. The van der Waals surface area contributed by atoms with Crippen LogP contribution in [0.15, 0.2) is 17.8 Å². The summed E-state index contributed by atoms with van der Waals surface area (Å²) >= 11 is 1.71. The van der Waals surface area contributed by atoms with E-state index in [4.69, 9.17) is 0 Å². The first-order chi connectivity index (χ1) is 8.43. The van der Waals surface area contributed by atoms with Crippen molar-refractivity contribution in [1.82, 2.24) is 9.97 Å². The van der Waals surface area contributed by atoms with Crippen LogP contribution in [-0.2, 0) is 0 Å². The maximum Gasteiger partial charge on any atom is 0.147 e. The van der Waals surface area contributed by atoms with E-state index >= 15 is 0 Å². The fraction of sp³-hybridized carbons (Fsp3) is 0.538. The number of aromatic nitrogens is 2. The molecule has 17 heavy (non-hydrogen) atoms. The molecule has 1 aliphatic carbocycles. The van der Waals surface area contributed by atoms with E-state index in [2.05, 4.69) is 20.7 Å². The molecule has 1 saturated carbocycles. The third-order valence-corrected chi connectivity index (χ3v) is 4.44. The molecule has 0 radical (unpaired) electrons. The highest BCUT2D eigenvalue weighted by molar-refractivity contribution is 7.17. The predicted octanol–water partition coefficient (Wildman–Crippen LogP) is 3.68. The molecule has 0 saturated heterocycles. The van der Waals surface area contributed by atoms with Crippen molar-refractivity contribution in [2.24, 2.45) is 5.92 Å². The molecule has 0 bridgehead atoms. The van der Waals surface area contributed by atoms with Crippen LogP contribution in [0.5, 0.6) is 0 Å². The Kier molecular flexibility index (Phi) is 3.22. The number of hydrogen-bond donors (Lipinski definition) is 1. The van der Waals surface area contributed by atoms with E-state index in [0.29, 0.717) is 0 Å². The number of nitrogens with zero attached hydrogens (tertiary/aromatic N) is 2. The summed E-state index contributed by atoms with van der Waals surface area (Å²) in [5.41, 5.74) is 1.05. The molecule has 2 heterocycles. The summed E-state index contributed by atoms with van der Waals surface area (Å²) < 4.78 is 1.18. The first-order valence-corrected chi connectivity index (χ1v) is 7.23. The molecule has 2 aromatic heterocycles. The number of hydrogen-bond acceptors (Lipinski definition) is 4. The van der Waals surface area contributed by atoms with Gasteiger partial charge in [-0.1, -0.05) is 19.3 Å². The van der Waals surface area contributed by atoms with Gasteiger partial charge in [0.2, 0.25) is 0 Å². The first-order valence-electron chi connectivity index (χ1n) is 6.35. The summed E-state index contributed by atoms with van der Waals surface area (Å²) in [6.07, 6.45) is 8.59. The number of nitrogens with one attached hydrogen (secondary N) is 1. The molecule has 0 aromatic carbocycles. The number of rotatable bonds is 3. The lowest BCUT2D eigenvalue weighted by Crippen LogP contribution is -2.17. The average Bonchev–Trinajstić information content (AvgIpc) is 2.86. The summed E-state index contributed by atoms with van der Waals surface area (Å²) in [5.74, 6) is 1.84. The average molecular weight is 247 g/mol. The number of anilines is 1. The van der Waals surface area contributed by atoms with Gasteiger partial charge in [0.25, 0.3) is 0 Å². The van der Waals surface area contributed by atoms with Gasteiger partial charge in [0.15, 0.2) is 0 Å². The van der Waals surface area contributed by atoms with E-state index in [9.17, 15) is 0 Å². The van der Waals surface area contributed by atoms with Crippen LogP contribution in [0.3, 0.4) is 0 Å². The highest BCUT2D eigenvalue weighted by atomic mass is 32.1. The second-order valence-electron chi connectivity index (χ2n) is 4.74. The van der Waals surface area contributed by atoms with Gasteiger partial charge in [-0.2, -0.15) is 0 Å². The van der Waals surface area contributed by atoms with Gasteiger partial charge in [0.05, 0.1) is 10.2 Å². The van der Waals surface area contributed by atoms with Gasteiger partial charge in [-0.05, 0) is 30.2 Å². The molecule has 1 N–H and O–H groups in total. The van der Waals surface area contributed by atoms with Crippen molar-refractivity contribution in [2.75, 3.05) is 11.9 Å². The Balaban J connectivity index is 1.69. The zero-order chi connectivity index (χ0) is 11.5. The molecule has 2 aromatic rings. The third kappa shape index (κ3) is 2.41. The standard InChI is InChI=1S/C13H17N3S/c1-2-4-10(5-3-1)8-14-13-12-11(6-7-17-12)15-9-16-13/h6-7,9-10H,1-5,8H2,(H,14,15,16). The molecule has 90 valence electrons. The Labute approximate surface area is 105 Å². The van der Waals surface area contributed by atoms with Gasteiger partial charge in [0, 0.05) is 6.54 Å². The van der Waals surface area contributed by atoms with Crippen molar-refractivity contribution >= 4 is 27.4 Å². The first kappa shape index (κ1) is 11.0. The highest BCUT2D eigenvalue weighted by Crippen LogP contribution is 2.27. The van der Waals surface area contributed by atoms with Gasteiger partial charge in [-0.3, -0.25) is 0 Å². The van der Waals surface area contributed by atoms with Crippen molar-refractivity contribution < 1.29 is 0 Å². The van der Waals surface area contributed by atoms with Crippen molar-refractivity contribution in [1.29, 1.82) is 0 Å². The topological polar surface area (TPSA) is 37.8 Å². The lowest BCUT2D eigenvalue weighted by Gasteiger charge is -2.21. The molecule has 0 unspecified atom stereocenters. The van der Waals surface area contributed by atoms with Crippen LogP contribution < -0.4 is 5.32 Å². The van der Waals surface area contributed by atoms with Crippen LogP contribution in [0, 0.1) is 5.92 Å². The van der Waals surface area contributed by atoms with Crippen LogP contribution in [0.25, 0.3) is 10.2 Å². The minimum Gasteiger partial charge on any atom is -0.369 e. The minimum absolute atomic E-state index is 0.828. The van der Waals surface area contributed by atoms with Gasteiger partial charge in [-0.25, -0.2) is 9.97 Å². The van der Waals surface area contributed by atoms with Crippen LogP contribution in [0.2, 0.25) is 0 Å². The summed E-state index contributed by atoms with van der Waals surface area (Å²) in [6, 6.07) is 2.05. The van der Waals surface area contributed by atoms with Crippen molar-refractivity contribution in [2.45, 2.75) is 32.1 Å². The van der Waals surface area contributed by atoms with Crippen LogP contribution in [0.1, 0.15) is 32.1 Å². The summed E-state index contributed by atoms with van der Waals surface area (Å²) in [5, 5.41) is 5.58. The normalized spacial score (nSPS) is 17.4. The smallest absolute Gasteiger partial charge is 0.147 e. The van der Waals surface area contributed by atoms with Gasteiger partial charge in [-0.15, -0.1) is 11.3 Å². The maximum absolute atomic E-state index is 4.35. The van der Waals surface area contributed by atoms with E-state index in [1.165, 1.54) is 36.8 Å². The predicted molar refractivity (Wildman–Crippen MR) is 72.5 cm³/mol. The Morgan fingerprint density at radius 1 is 1.24 bits per heavy atom. The van der Waals surface area contributed by atoms with Gasteiger partial charge < -0.3 is 5.32 Å². The highest BCUT2D eigenvalue weighted by Gasteiger charge is 2.14. The van der Waals surface area contributed by atoms with E-state index < -0.39 is 0 Å². The Morgan fingerprint density at radius 3 is 3.00 bits per heavy atom. The van der Waals surface area contributed by atoms with Crippen LogP contribution in [-0.4, -0.2) is 16.5 Å². The van der Waals surface area contributed by atoms with Gasteiger partial charge >= 0.3 is 0 Å². The van der Waals surface area contributed by atoms with E-state index in [1.54, 1.807) is 17.7 Å². The SMILES string of the molecule is c1nc(NCC2CCCCC2)c2sccc2n1. The third-order valence-electron chi connectivity index (χ3n) is 3.53. The van der Waals surface area contributed by atoms with E-state index in [1.807, 2.05) is 6.07 Å². The largest absolute Gasteiger partial charge is 0.369 e. The molecule has 1 aliphatic rings. The zero-order valence-electron chi connectivity index (χ0n) is 9.85. The quantitative estimate of drug-likeness (QED) is 0.899. The molecule has 1 fully saturated rings. The van der Waals surface area contributed by atoms with E-state index in [0.717, 1.165) is 23.8 Å². The fourth-order valence-electron chi connectivity index (χ4n) is 2.55. The number of thiophene rings is 1. The molecule has 3 rings (SSSR count). The molecular formula is C13H17N3S. The Hall–Kier alpha value is -1.16.